The van der Waals surface area contributed by atoms with E-state index in [1.807, 2.05) is 0 Å². The van der Waals surface area contributed by atoms with Crippen LogP contribution in [-0.4, -0.2) is 29.2 Å². The van der Waals surface area contributed by atoms with Crippen LogP contribution in [0, 0.1) is 0 Å². The van der Waals surface area contributed by atoms with Gasteiger partial charge in [0.2, 0.25) is 16.0 Å². The van der Waals surface area contributed by atoms with E-state index in [-0.39, 0.29) is 19.0 Å². The summed E-state index contributed by atoms with van der Waals surface area (Å²) in [5.74, 6) is 0.0204. The van der Waals surface area contributed by atoms with Gasteiger partial charge in [0.05, 0.1) is 22.7 Å². The number of hydrogen-bond donors (Lipinski definition) is 1. The topological polar surface area (TPSA) is 89.2 Å². The number of nitrogens with zero attached hydrogens (tertiary/aromatic N) is 3. The lowest BCUT2D eigenvalue weighted by Crippen LogP contribution is -2.36. The molecule has 24 heavy (non-hydrogen) atoms. The predicted molar refractivity (Wildman–Crippen MR) is 79.2 cm³/mol. The molecule has 128 valence electrons. The lowest BCUT2D eigenvalue weighted by molar-refractivity contribution is -0.137. The number of rotatable bonds is 2. The van der Waals surface area contributed by atoms with E-state index < -0.39 is 26.7 Å². The molecule has 0 unspecified atom stereocenters. The lowest BCUT2D eigenvalue weighted by Gasteiger charge is -2.27. The van der Waals surface area contributed by atoms with Gasteiger partial charge in [-0.15, -0.1) is 0 Å². The Balaban J connectivity index is 1.95. The van der Waals surface area contributed by atoms with Crippen molar-refractivity contribution in [1.82, 2.24) is 14.3 Å². The maximum absolute atomic E-state index is 12.8. The first-order valence-corrected chi connectivity index (χ1v) is 8.39. The Morgan fingerprint density at radius 1 is 1.25 bits per heavy atom. The highest BCUT2D eigenvalue weighted by Gasteiger charge is 2.34. The normalized spacial score (nSPS) is 16.0. The summed E-state index contributed by atoms with van der Waals surface area (Å²) in [6.07, 6.45) is -2.71. The molecule has 10 heteroatoms. The highest BCUT2D eigenvalue weighted by atomic mass is 32.2. The van der Waals surface area contributed by atoms with Gasteiger partial charge in [0.25, 0.3) is 0 Å². The van der Waals surface area contributed by atoms with Crippen molar-refractivity contribution in [3.05, 3.63) is 47.3 Å². The Morgan fingerprint density at radius 3 is 2.71 bits per heavy atom. The molecule has 0 amide bonds. The molecule has 1 aliphatic rings. The van der Waals surface area contributed by atoms with Crippen LogP contribution in [0.25, 0.3) is 0 Å². The molecule has 0 atom stereocenters. The standard InChI is InChI=1S/C14H13F3N4O2S/c15-14(16,17)10-2-1-3-11(6-10)24(22,23)21-5-4-9-7-19-13(18)20-12(9)8-21/h1-3,6-7H,4-5,8H2,(H2,18,19,20). The van der Waals surface area contributed by atoms with Crippen LogP contribution in [0.3, 0.4) is 0 Å². The van der Waals surface area contributed by atoms with E-state index in [1.54, 1.807) is 0 Å². The first-order valence-electron chi connectivity index (χ1n) is 6.95. The second-order valence-corrected chi connectivity index (χ2v) is 7.25. The van der Waals surface area contributed by atoms with Gasteiger partial charge in [-0.25, -0.2) is 18.4 Å². The van der Waals surface area contributed by atoms with E-state index in [0.717, 1.165) is 28.1 Å². The number of hydrogen-bond acceptors (Lipinski definition) is 5. The van der Waals surface area contributed by atoms with Crippen molar-refractivity contribution in [1.29, 1.82) is 0 Å². The number of halogens is 3. The van der Waals surface area contributed by atoms with E-state index in [1.165, 1.54) is 6.20 Å². The summed E-state index contributed by atoms with van der Waals surface area (Å²) in [6, 6.07) is 3.69. The fourth-order valence-electron chi connectivity index (χ4n) is 2.48. The van der Waals surface area contributed by atoms with Crippen molar-refractivity contribution in [3.8, 4) is 0 Å². The summed E-state index contributed by atoms with van der Waals surface area (Å²) in [5.41, 5.74) is 5.73. The molecule has 1 aromatic carbocycles. The average molecular weight is 358 g/mol. The van der Waals surface area contributed by atoms with E-state index in [4.69, 9.17) is 5.73 Å². The number of sulfonamides is 1. The van der Waals surface area contributed by atoms with Gasteiger partial charge < -0.3 is 5.73 Å². The third-order valence-corrected chi connectivity index (χ3v) is 5.57. The zero-order valence-corrected chi connectivity index (χ0v) is 13.1. The quantitative estimate of drug-likeness (QED) is 0.885. The van der Waals surface area contributed by atoms with Crippen molar-refractivity contribution >= 4 is 16.0 Å². The van der Waals surface area contributed by atoms with Gasteiger partial charge in [0.1, 0.15) is 0 Å². The Morgan fingerprint density at radius 2 is 2.00 bits per heavy atom. The molecule has 2 N–H and O–H groups in total. The molecule has 0 radical (unpaired) electrons. The maximum Gasteiger partial charge on any atom is 0.416 e. The number of aromatic nitrogens is 2. The summed E-state index contributed by atoms with van der Waals surface area (Å²) in [5, 5.41) is 0. The number of nitrogen functional groups attached to an aromatic ring is 1. The predicted octanol–water partition coefficient (Wildman–Crippen LogP) is 1.82. The van der Waals surface area contributed by atoms with Gasteiger partial charge in [0.15, 0.2) is 0 Å². The molecule has 6 nitrogen and oxygen atoms in total. The number of anilines is 1. The monoisotopic (exact) mass is 358 g/mol. The van der Waals surface area contributed by atoms with Crippen LogP contribution >= 0.6 is 0 Å². The lowest BCUT2D eigenvalue weighted by atomic mass is 10.1. The molecule has 1 aromatic heterocycles. The Labute approximate surface area is 136 Å². The third-order valence-electron chi connectivity index (χ3n) is 3.73. The molecule has 2 aromatic rings. The highest BCUT2D eigenvalue weighted by molar-refractivity contribution is 7.89. The van der Waals surface area contributed by atoms with Gasteiger partial charge in [-0.1, -0.05) is 6.07 Å². The number of alkyl halides is 3. The van der Waals surface area contributed by atoms with Crippen LogP contribution in [0.4, 0.5) is 19.1 Å². The van der Waals surface area contributed by atoms with Gasteiger partial charge in [-0.3, -0.25) is 0 Å². The minimum Gasteiger partial charge on any atom is -0.368 e. The molecule has 0 spiro atoms. The van der Waals surface area contributed by atoms with Crippen LogP contribution in [0.5, 0.6) is 0 Å². The summed E-state index contributed by atoms with van der Waals surface area (Å²) < 4.78 is 64.8. The third kappa shape index (κ3) is 3.06. The zero-order valence-electron chi connectivity index (χ0n) is 12.3. The smallest absolute Gasteiger partial charge is 0.368 e. The fourth-order valence-corrected chi connectivity index (χ4v) is 3.93. The SMILES string of the molecule is Nc1ncc2c(n1)CN(S(=O)(=O)c1cccc(C(F)(F)F)c1)CC2. The molecule has 3 rings (SSSR count). The van der Waals surface area contributed by atoms with E-state index >= 15 is 0 Å². The largest absolute Gasteiger partial charge is 0.416 e. The Bertz CT molecular complexity index is 884. The first kappa shape index (κ1) is 16.7. The van der Waals surface area contributed by atoms with Crippen LogP contribution in [0.2, 0.25) is 0 Å². The summed E-state index contributed by atoms with van der Waals surface area (Å²) in [7, 11) is -4.07. The van der Waals surface area contributed by atoms with Gasteiger partial charge in [-0.05, 0) is 30.2 Å². The number of benzene rings is 1. The van der Waals surface area contributed by atoms with Crippen LogP contribution in [0.1, 0.15) is 16.8 Å². The molecule has 0 bridgehead atoms. The molecule has 0 aliphatic carbocycles. The van der Waals surface area contributed by atoms with Crippen molar-refractivity contribution in [2.75, 3.05) is 12.3 Å². The Hall–Kier alpha value is -2.20. The van der Waals surface area contributed by atoms with E-state index in [2.05, 4.69) is 9.97 Å². The number of nitrogens with two attached hydrogens (primary N) is 1. The molecule has 0 saturated heterocycles. The van der Waals surface area contributed by atoms with E-state index in [9.17, 15) is 21.6 Å². The van der Waals surface area contributed by atoms with Gasteiger partial charge in [0, 0.05) is 12.7 Å². The molecule has 1 aliphatic heterocycles. The second kappa shape index (κ2) is 5.71. The summed E-state index contributed by atoms with van der Waals surface area (Å²) in [6.45, 7) is 0.0828. The van der Waals surface area contributed by atoms with Crippen LogP contribution < -0.4 is 5.73 Å². The molecule has 2 heterocycles. The van der Waals surface area contributed by atoms with E-state index in [0.29, 0.717) is 18.2 Å². The minimum absolute atomic E-state index is 0.0204. The second-order valence-electron chi connectivity index (χ2n) is 5.31. The van der Waals surface area contributed by atoms with Gasteiger partial charge in [-0.2, -0.15) is 17.5 Å². The van der Waals surface area contributed by atoms with Crippen LogP contribution in [0.15, 0.2) is 35.4 Å². The number of fused-ring (bicyclic) bond motifs is 1. The fraction of sp³-hybridized carbons (Fsp3) is 0.286. The summed E-state index contributed by atoms with van der Waals surface area (Å²) >= 11 is 0. The van der Waals surface area contributed by atoms with Gasteiger partial charge >= 0.3 is 6.18 Å². The van der Waals surface area contributed by atoms with Crippen molar-refractivity contribution in [2.24, 2.45) is 0 Å². The zero-order chi connectivity index (χ0) is 17.5. The molecular formula is C14H13F3N4O2S. The van der Waals surface area contributed by atoms with Crippen molar-refractivity contribution < 1.29 is 21.6 Å². The molecular weight excluding hydrogens is 345 g/mol. The van der Waals surface area contributed by atoms with Crippen molar-refractivity contribution in [3.63, 3.8) is 0 Å². The summed E-state index contributed by atoms with van der Waals surface area (Å²) in [4.78, 5) is 7.46. The molecule has 0 saturated carbocycles. The first-order chi connectivity index (χ1) is 11.2. The Kier molecular flexibility index (Phi) is 3.96. The highest BCUT2D eigenvalue weighted by Crippen LogP contribution is 2.32. The average Bonchev–Trinajstić information content (AvgIpc) is 2.53. The van der Waals surface area contributed by atoms with Crippen molar-refractivity contribution in [2.45, 2.75) is 24.0 Å². The van der Waals surface area contributed by atoms with Crippen LogP contribution in [-0.2, 0) is 29.2 Å². The maximum atomic E-state index is 12.8. The minimum atomic E-state index is -4.61. The molecule has 0 fully saturated rings.